The van der Waals surface area contributed by atoms with Crippen LogP contribution < -0.4 is 4.74 Å². The molecule has 1 nitrogen and oxygen atoms in total. The SMILES string of the molecule is CCCCCCCC(Br)c1cc(Cl)cc2c1OCC2. The van der Waals surface area contributed by atoms with Gasteiger partial charge in [-0.1, -0.05) is 66.6 Å². The van der Waals surface area contributed by atoms with Gasteiger partial charge in [0.15, 0.2) is 0 Å². The van der Waals surface area contributed by atoms with Crippen molar-refractivity contribution in [2.75, 3.05) is 6.61 Å². The average molecular weight is 346 g/mol. The van der Waals surface area contributed by atoms with Crippen molar-refractivity contribution in [3.63, 3.8) is 0 Å². The second-order valence-corrected chi connectivity index (χ2v) is 6.79. The summed E-state index contributed by atoms with van der Waals surface area (Å²) >= 11 is 10.0. The summed E-state index contributed by atoms with van der Waals surface area (Å²) in [7, 11) is 0. The highest BCUT2D eigenvalue weighted by atomic mass is 79.9. The molecule has 1 aliphatic heterocycles. The predicted octanol–water partition coefficient (Wildman–Crippen LogP) is 6.07. The summed E-state index contributed by atoms with van der Waals surface area (Å²) in [5.74, 6) is 1.07. The van der Waals surface area contributed by atoms with Crippen LogP contribution in [0.5, 0.6) is 5.75 Å². The molecule has 0 N–H and O–H groups in total. The highest BCUT2D eigenvalue weighted by molar-refractivity contribution is 9.09. The number of unbranched alkanes of at least 4 members (excludes halogenated alkanes) is 4. The molecule has 106 valence electrons. The average Bonchev–Trinajstić information content (AvgIpc) is 2.85. The Kier molecular flexibility index (Phi) is 6.03. The topological polar surface area (TPSA) is 9.23 Å². The minimum Gasteiger partial charge on any atom is -0.493 e. The Morgan fingerprint density at radius 3 is 2.84 bits per heavy atom. The van der Waals surface area contributed by atoms with Crippen LogP contribution in [0.1, 0.15) is 61.4 Å². The lowest BCUT2D eigenvalue weighted by atomic mass is 10.0. The normalized spacial score (nSPS) is 15.1. The number of alkyl halides is 1. The Hall–Kier alpha value is -0.210. The minimum absolute atomic E-state index is 0.361. The van der Waals surface area contributed by atoms with E-state index in [0.29, 0.717) is 4.83 Å². The van der Waals surface area contributed by atoms with Gasteiger partial charge in [0.25, 0.3) is 0 Å². The van der Waals surface area contributed by atoms with Gasteiger partial charge in [0.1, 0.15) is 5.75 Å². The molecule has 1 aromatic carbocycles. The summed E-state index contributed by atoms with van der Waals surface area (Å²) in [6.45, 7) is 3.04. The first-order valence-corrected chi connectivity index (χ1v) is 8.61. The van der Waals surface area contributed by atoms with Gasteiger partial charge in [-0.3, -0.25) is 0 Å². The molecule has 0 amide bonds. The molecule has 1 unspecified atom stereocenters. The monoisotopic (exact) mass is 344 g/mol. The molecule has 0 aromatic heterocycles. The molecule has 0 radical (unpaired) electrons. The number of halogens is 2. The molecule has 0 spiro atoms. The number of hydrogen-bond acceptors (Lipinski definition) is 1. The minimum atomic E-state index is 0.361. The summed E-state index contributed by atoms with van der Waals surface area (Å²) in [5, 5.41) is 0.828. The zero-order valence-corrected chi connectivity index (χ0v) is 13.9. The van der Waals surface area contributed by atoms with Crippen LogP contribution in [0.3, 0.4) is 0 Å². The molecular weight excluding hydrogens is 324 g/mol. The lowest BCUT2D eigenvalue weighted by Crippen LogP contribution is -1.96. The zero-order chi connectivity index (χ0) is 13.7. The number of benzene rings is 1. The summed E-state index contributed by atoms with van der Waals surface area (Å²) in [5.41, 5.74) is 2.49. The maximum absolute atomic E-state index is 6.20. The van der Waals surface area contributed by atoms with E-state index in [1.54, 1.807) is 0 Å². The van der Waals surface area contributed by atoms with Crippen LogP contribution in [-0.2, 0) is 6.42 Å². The van der Waals surface area contributed by atoms with Gasteiger partial charge in [-0.2, -0.15) is 0 Å². The molecule has 0 saturated carbocycles. The fourth-order valence-corrected chi connectivity index (χ4v) is 3.53. The van der Waals surface area contributed by atoms with Crippen LogP contribution in [0, 0.1) is 0 Å². The van der Waals surface area contributed by atoms with Gasteiger partial charge in [0, 0.05) is 21.8 Å². The quantitative estimate of drug-likeness (QED) is 0.430. The van der Waals surface area contributed by atoms with E-state index in [-0.39, 0.29) is 0 Å². The molecule has 0 bridgehead atoms. The molecule has 0 aliphatic carbocycles. The van der Waals surface area contributed by atoms with Crippen molar-refractivity contribution in [1.29, 1.82) is 0 Å². The van der Waals surface area contributed by atoms with Gasteiger partial charge in [0.2, 0.25) is 0 Å². The first-order valence-electron chi connectivity index (χ1n) is 7.31. The number of ether oxygens (including phenoxy) is 1. The molecule has 1 atom stereocenters. The number of fused-ring (bicyclic) bond motifs is 1. The first kappa shape index (κ1) is 15.2. The Morgan fingerprint density at radius 2 is 2.05 bits per heavy atom. The van der Waals surface area contributed by atoms with E-state index in [4.69, 9.17) is 16.3 Å². The van der Waals surface area contributed by atoms with Crippen molar-refractivity contribution in [2.24, 2.45) is 0 Å². The van der Waals surface area contributed by atoms with Crippen LogP contribution in [-0.4, -0.2) is 6.61 Å². The fraction of sp³-hybridized carbons (Fsp3) is 0.625. The molecule has 1 aliphatic rings. The van der Waals surface area contributed by atoms with Gasteiger partial charge in [0.05, 0.1) is 6.61 Å². The maximum atomic E-state index is 6.20. The van der Waals surface area contributed by atoms with E-state index in [1.165, 1.54) is 43.2 Å². The van der Waals surface area contributed by atoms with Crippen molar-refractivity contribution in [2.45, 2.75) is 56.7 Å². The van der Waals surface area contributed by atoms with E-state index >= 15 is 0 Å². The second kappa shape index (κ2) is 7.54. The van der Waals surface area contributed by atoms with E-state index in [9.17, 15) is 0 Å². The third-order valence-corrected chi connectivity index (χ3v) is 4.85. The van der Waals surface area contributed by atoms with Crippen LogP contribution in [0.4, 0.5) is 0 Å². The smallest absolute Gasteiger partial charge is 0.127 e. The highest BCUT2D eigenvalue weighted by Crippen LogP contribution is 2.41. The zero-order valence-electron chi connectivity index (χ0n) is 11.6. The Balaban J connectivity index is 1.94. The van der Waals surface area contributed by atoms with Crippen molar-refractivity contribution < 1.29 is 4.74 Å². The number of hydrogen-bond donors (Lipinski definition) is 0. The van der Waals surface area contributed by atoms with Crippen molar-refractivity contribution in [1.82, 2.24) is 0 Å². The third kappa shape index (κ3) is 4.13. The summed E-state index contributed by atoms with van der Waals surface area (Å²) < 4.78 is 5.76. The van der Waals surface area contributed by atoms with Crippen LogP contribution in [0.15, 0.2) is 12.1 Å². The Labute approximate surface area is 129 Å². The van der Waals surface area contributed by atoms with Crippen molar-refractivity contribution in [3.05, 3.63) is 28.3 Å². The second-order valence-electron chi connectivity index (χ2n) is 5.25. The Bertz CT molecular complexity index is 419. The third-order valence-electron chi connectivity index (χ3n) is 3.68. The Morgan fingerprint density at radius 1 is 1.26 bits per heavy atom. The molecule has 3 heteroatoms. The van der Waals surface area contributed by atoms with Crippen molar-refractivity contribution in [3.8, 4) is 5.75 Å². The largest absolute Gasteiger partial charge is 0.493 e. The lowest BCUT2D eigenvalue weighted by molar-refractivity contribution is 0.353. The standard InChI is InChI=1S/C16H22BrClO/c1-2-3-4-5-6-7-15(17)14-11-13(18)10-12-8-9-19-16(12)14/h10-11,15H,2-9H2,1H3. The first-order chi connectivity index (χ1) is 9.22. The van der Waals surface area contributed by atoms with E-state index in [2.05, 4.69) is 28.9 Å². The molecule has 0 fully saturated rings. The van der Waals surface area contributed by atoms with Gasteiger partial charge < -0.3 is 4.74 Å². The number of rotatable bonds is 7. The van der Waals surface area contributed by atoms with Crippen LogP contribution in [0.2, 0.25) is 5.02 Å². The molecule has 1 heterocycles. The summed E-state index contributed by atoms with van der Waals surface area (Å²) in [6, 6.07) is 4.09. The lowest BCUT2D eigenvalue weighted by Gasteiger charge is -2.14. The van der Waals surface area contributed by atoms with Gasteiger partial charge in [-0.15, -0.1) is 0 Å². The van der Waals surface area contributed by atoms with Gasteiger partial charge in [-0.05, 0) is 24.1 Å². The molecule has 0 saturated heterocycles. The van der Waals surface area contributed by atoms with Gasteiger partial charge >= 0.3 is 0 Å². The summed E-state index contributed by atoms with van der Waals surface area (Å²) in [6.07, 6.45) is 8.71. The molecule has 1 aromatic rings. The fourth-order valence-electron chi connectivity index (χ4n) is 2.61. The predicted molar refractivity (Wildman–Crippen MR) is 85.7 cm³/mol. The van der Waals surface area contributed by atoms with E-state index < -0.39 is 0 Å². The van der Waals surface area contributed by atoms with Crippen LogP contribution in [0.25, 0.3) is 0 Å². The van der Waals surface area contributed by atoms with Crippen molar-refractivity contribution >= 4 is 27.5 Å². The summed E-state index contributed by atoms with van der Waals surface area (Å²) in [4.78, 5) is 0.361. The van der Waals surface area contributed by atoms with E-state index in [1.807, 2.05) is 6.07 Å². The van der Waals surface area contributed by atoms with Crippen LogP contribution >= 0.6 is 27.5 Å². The molecular formula is C16H22BrClO. The molecule has 2 rings (SSSR count). The maximum Gasteiger partial charge on any atom is 0.127 e. The highest BCUT2D eigenvalue weighted by Gasteiger charge is 2.21. The molecule has 19 heavy (non-hydrogen) atoms. The van der Waals surface area contributed by atoms with E-state index in [0.717, 1.165) is 30.2 Å². The van der Waals surface area contributed by atoms with Gasteiger partial charge in [-0.25, -0.2) is 0 Å².